The molecule has 0 aliphatic carbocycles. The minimum absolute atomic E-state index is 0.152. The molecule has 0 spiro atoms. The Hall–Kier alpha value is -2.74. The lowest BCUT2D eigenvalue weighted by Crippen LogP contribution is -2.54. The highest BCUT2D eigenvalue weighted by atomic mass is 19.4. The third kappa shape index (κ3) is 2.96. The predicted molar refractivity (Wildman–Crippen MR) is 91.8 cm³/mol. The van der Waals surface area contributed by atoms with Crippen molar-refractivity contribution in [2.75, 3.05) is 19.8 Å². The van der Waals surface area contributed by atoms with Crippen molar-refractivity contribution < 1.29 is 17.9 Å². The fourth-order valence-electron chi connectivity index (χ4n) is 3.30. The Morgan fingerprint density at radius 2 is 2.12 bits per heavy atom. The molecule has 8 heteroatoms. The van der Waals surface area contributed by atoms with Crippen molar-refractivity contribution in [2.24, 2.45) is 0 Å². The Kier molecular flexibility index (Phi) is 3.99. The zero-order valence-corrected chi connectivity index (χ0v) is 13.8. The minimum Gasteiger partial charge on any atom is -0.377 e. The van der Waals surface area contributed by atoms with E-state index < -0.39 is 12.2 Å². The van der Waals surface area contributed by atoms with Crippen LogP contribution in [0.5, 0.6) is 0 Å². The molecule has 26 heavy (non-hydrogen) atoms. The van der Waals surface area contributed by atoms with Gasteiger partial charge in [-0.2, -0.15) is 13.2 Å². The molecule has 0 aromatic carbocycles. The lowest BCUT2D eigenvalue weighted by atomic mass is 10.00. The number of nitrogens with zero attached hydrogens (tertiary/aromatic N) is 2. The molecule has 0 radical (unpaired) electrons. The molecule has 4 heterocycles. The predicted octanol–water partition coefficient (Wildman–Crippen LogP) is 3.17. The van der Waals surface area contributed by atoms with Crippen molar-refractivity contribution in [3.05, 3.63) is 60.3 Å². The maximum absolute atomic E-state index is 13.4. The number of halogens is 3. The number of pyridine rings is 1. The van der Waals surface area contributed by atoms with Crippen LogP contribution in [0.25, 0.3) is 16.6 Å². The van der Waals surface area contributed by atoms with Gasteiger partial charge in [0.15, 0.2) is 0 Å². The molecule has 1 saturated heterocycles. The Labute approximate surface area is 147 Å². The van der Waals surface area contributed by atoms with Gasteiger partial charge >= 0.3 is 6.18 Å². The first-order chi connectivity index (χ1) is 12.4. The Balaban J connectivity index is 1.75. The number of dihydropyridines is 1. The first-order valence-corrected chi connectivity index (χ1v) is 8.16. The van der Waals surface area contributed by atoms with E-state index in [2.05, 4.69) is 21.9 Å². The highest BCUT2D eigenvalue weighted by Gasteiger charge is 2.46. The summed E-state index contributed by atoms with van der Waals surface area (Å²) in [7, 11) is 0. The molecule has 1 unspecified atom stereocenters. The molecule has 0 saturated carbocycles. The van der Waals surface area contributed by atoms with Crippen molar-refractivity contribution in [1.82, 2.24) is 20.2 Å². The number of morpholine rings is 1. The van der Waals surface area contributed by atoms with Gasteiger partial charge in [-0.25, -0.2) is 4.98 Å². The summed E-state index contributed by atoms with van der Waals surface area (Å²) >= 11 is 0. The molecule has 0 amide bonds. The van der Waals surface area contributed by atoms with Gasteiger partial charge in [-0.15, -0.1) is 0 Å². The van der Waals surface area contributed by atoms with Crippen molar-refractivity contribution >= 4 is 16.6 Å². The number of nitrogens with one attached hydrogen (secondary N) is 2. The van der Waals surface area contributed by atoms with Crippen LogP contribution in [-0.2, 0) is 4.74 Å². The maximum atomic E-state index is 13.4. The minimum atomic E-state index is -4.38. The molecule has 2 aliphatic rings. The Morgan fingerprint density at radius 1 is 1.27 bits per heavy atom. The molecule has 1 atom stereocenters. The maximum Gasteiger partial charge on any atom is 0.411 e. The third-order valence-electron chi connectivity index (χ3n) is 4.50. The lowest BCUT2D eigenvalue weighted by Gasteiger charge is -2.40. The van der Waals surface area contributed by atoms with Gasteiger partial charge in [0, 0.05) is 30.0 Å². The van der Waals surface area contributed by atoms with Crippen molar-refractivity contribution in [1.29, 1.82) is 0 Å². The number of hydrogen-bond donors (Lipinski definition) is 2. The highest BCUT2D eigenvalue weighted by Crippen LogP contribution is 2.33. The normalized spacial score (nSPS) is 21.4. The van der Waals surface area contributed by atoms with Crippen LogP contribution in [0.15, 0.2) is 54.8 Å². The van der Waals surface area contributed by atoms with Gasteiger partial charge in [0.2, 0.25) is 0 Å². The van der Waals surface area contributed by atoms with Crippen LogP contribution in [0.4, 0.5) is 13.2 Å². The first kappa shape index (κ1) is 16.7. The van der Waals surface area contributed by atoms with E-state index in [0.717, 1.165) is 22.2 Å². The van der Waals surface area contributed by atoms with E-state index in [1.165, 1.54) is 4.90 Å². The second-order valence-corrected chi connectivity index (χ2v) is 6.20. The number of fused-ring (bicyclic) bond motifs is 1. The van der Waals surface area contributed by atoms with Gasteiger partial charge in [0.1, 0.15) is 17.5 Å². The van der Waals surface area contributed by atoms with Crippen LogP contribution >= 0.6 is 0 Å². The summed E-state index contributed by atoms with van der Waals surface area (Å²) in [6.07, 6.45) is 2.61. The zero-order valence-electron chi connectivity index (χ0n) is 13.8. The molecule has 4 rings (SSSR count). The van der Waals surface area contributed by atoms with Gasteiger partial charge in [-0.1, -0.05) is 6.58 Å². The van der Waals surface area contributed by atoms with E-state index in [1.807, 2.05) is 18.2 Å². The summed E-state index contributed by atoms with van der Waals surface area (Å²) in [4.78, 5) is 8.59. The highest BCUT2D eigenvalue weighted by molar-refractivity contribution is 5.94. The van der Waals surface area contributed by atoms with E-state index in [0.29, 0.717) is 11.5 Å². The number of hydrogen-bond acceptors (Lipinski definition) is 4. The molecular weight excluding hydrogens is 345 g/mol. The lowest BCUT2D eigenvalue weighted by molar-refractivity contribution is -0.206. The van der Waals surface area contributed by atoms with Gasteiger partial charge in [-0.05, 0) is 35.4 Å². The average molecular weight is 362 g/mol. The molecule has 2 aromatic heterocycles. The van der Waals surface area contributed by atoms with E-state index in [4.69, 9.17) is 4.74 Å². The quantitative estimate of drug-likeness (QED) is 0.862. The van der Waals surface area contributed by atoms with E-state index in [-0.39, 0.29) is 19.8 Å². The summed E-state index contributed by atoms with van der Waals surface area (Å²) in [5.74, 6) is 0.374. The summed E-state index contributed by atoms with van der Waals surface area (Å²) in [5, 5.41) is 3.87. The van der Waals surface area contributed by atoms with Crippen LogP contribution < -0.4 is 5.32 Å². The van der Waals surface area contributed by atoms with E-state index >= 15 is 0 Å². The number of H-pyrrole nitrogens is 1. The third-order valence-corrected chi connectivity index (χ3v) is 4.50. The topological polar surface area (TPSA) is 53.2 Å². The van der Waals surface area contributed by atoms with Crippen LogP contribution in [0.3, 0.4) is 0 Å². The van der Waals surface area contributed by atoms with Gasteiger partial charge in [0.05, 0.1) is 13.2 Å². The Morgan fingerprint density at radius 3 is 2.92 bits per heavy atom. The molecule has 136 valence electrons. The molecule has 2 aliphatic heterocycles. The average Bonchev–Trinajstić information content (AvgIpc) is 3.09. The molecule has 1 fully saturated rings. The van der Waals surface area contributed by atoms with Gasteiger partial charge in [-0.3, -0.25) is 0 Å². The van der Waals surface area contributed by atoms with E-state index in [1.54, 1.807) is 18.5 Å². The van der Waals surface area contributed by atoms with Crippen LogP contribution in [0, 0.1) is 0 Å². The number of aromatic nitrogens is 2. The smallest absolute Gasteiger partial charge is 0.377 e. The number of allylic oxidation sites excluding steroid dienone is 3. The molecular formula is C18H17F3N4O. The molecule has 0 bridgehead atoms. The molecule has 2 N–H and O–H groups in total. The number of ether oxygens (including phenoxy) is 1. The van der Waals surface area contributed by atoms with Crippen molar-refractivity contribution in [2.45, 2.75) is 12.2 Å². The van der Waals surface area contributed by atoms with Crippen molar-refractivity contribution in [3.63, 3.8) is 0 Å². The largest absolute Gasteiger partial charge is 0.411 e. The first-order valence-electron chi connectivity index (χ1n) is 8.16. The van der Waals surface area contributed by atoms with Gasteiger partial charge in [0.25, 0.3) is 0 Å². The van der Waals surface area contributed by atoms with E-state index in [9.17, 15) is 13.2 Å². The monoisotopic (exact) mass is 362 g/mol. The second kappa shape index (κ2) is 6.21. The summed E-state index contributed by atoms with van der Waals surface area (Å²) < 4.78 is 45.3. The number of rotatable bonds is 2. The molecule has 5 nitrogen and oxygen atoms in total. The number of alkyl halides is 3. The zero-order chi connectivity index (χ0) is 18.3. The fourth-order valence-corrected chi connectivity index (χ4v) is 3.30. The number of aromatic amines is 1. The van der Waals surface area contributed by atoms with Crippen LogP contribution in [0.1, 0.15) is 5.56 Å². The Bertz CT molecular complexity index is 913. The summed E-state index contributed by atoms with van der Waals surface area (Å²) in [5.41, 5.74) is 2.92. The standard InChI is InChI=1S/C18H17F3N4O/c1-11-8-12(13-2-4-22-17-14(13)3-5-23-17)9-16(24-11)25-6-7-26-10-15(25)18(19,20)21/h2-5,8-9,15,24H,1,6-7,10H2,(H,22,23). The SMILES string of the molecule is C=C1C=C(c2ccnc3[nH]ccc23)C=C(N2CCOCC2C(F)(F)F)N1. The fraction of sp³-hybridized carbons (Fsp3) is 0.278. The van der Waals surface area contributed by atoms with Gasteiger partial charge < -0.3 is 19.9 Å². The summed E-state index contributed by atoms with van der Waals surface area (Å²) in [6, 6.07) is 2.05. The van der Waals surface area contributed by atoms with Crippen LogP contribution in [0.2, 0.25) is 0 Å². The summed E-state index contributed by atoms with van der Waals surface area (Å²) in [6.45, 7) is 3.91. The van der Waals surface area contributed by atoms with Crippen molar-refractivity contribution in [3.8, 4) is 0 Å². The molecule has 2 aromatic rings. The van der Waals surface area contributed by atoms with Crippen LogP contribution in [-0.4, -0.2) is 46.8 Å². The second-order valence-electron chi connectivity index (χ2n) is 6.20.